The highest BCUT2D eigenvalue weighted by atomic mass is 19.1. The molecule has 2 bridgehead atoms. The lowest BCUT2D eigenvalue weighted by atomic mass is 9.97. The topological polar surface area (TPSA) is 90.4 Å². The van der Waals surface area contributed by atoms with Crippen LogP contribution in [0.15, 0.2) is 65.1 Å². The van der Waals surface area contributed by atoms with Crippen molar-refractivity contribution in [1.82, 2.24) is 10.3 Å². The smallest absolute Gasteiger partial charge is 0.251 e. The first-order valence-electron chi connectivity index (χ1n) is 12.2. The average Bonchev–Trinajstić information content (AvgIpc) is 3.45. The molecule has 0 radical (unpaired) electrons. The molecule has 3 aromatic carbocycles. The number of pyridine rings is 1. The lowest BCUT2D eigenvalue weighted by Gasteiger charge is -2.14. The van der Waals surface area contributed by atoms with Crippen molar-refractivity contribution < 1.29 is 22.7 Å². The Morgan fingerprint density at radius 3 is 2.47 bits per heavy atom. The van der Waals surface area contributed by atoms with Gasteiger partial charge in [-0.25, -0.2) is 13.8 Å². The number of nitrogens with one attached hydrogen (secondary N) is 1. The van der Waals surface area contributed by atoms with E-state index < -0.39 is 11.6 Å². The van der Waals surface area contributed by atoms with E-state index in [0.29, 0.717) is 51.7 Å². The molecule has 0 fully saturated rings. The summed E-state index contributed by atoms with van der Waals surface area (Å²) in [6.45, 7) is 4.39. The predicted molar refractivity (Wildman–Crippen MR) is 143 cm³/mol. The summed E-state index contributed by atoms with van der Waals surface area (Å²) < 4.78 is 39.6. The molecule has 0 unspecified atom stereocenters. The number of nitrogens with two attached hydrogens (primary N) is 1. The molecule has 0 atom stereocenters. The van der Waals surface area contributed by atoms with Crippen LogP contribution in [0.4, 0.5) is 14.6 Å². The number of aromatic nitrogens is 1. The molecule has 0 spiro atoms. The summed E-state index contributed by atoms with van der Waals surface area (Å²) in [6, 6.07) is 16.1. The van der Waals surface area contributed by atoms with E-state index in [2.05, 4.69) is 10.3 Å². The minimum atomic E-state index is -0.634. The van der Waals surface area contributed by atoms with E-state index in [1.807, 2.05) is 32.0 Å². The highest BCUT2D eigenvalue weighted by Gasteiger charge is 2.20. The summed E-state index contributed by atoms with van der Waals surface area (Å²) in [6.07, 6.45) is 0. The number of halogens is 2. The van der Waals surface area contributed by atoms with Gasteiger partial charge in [0.05, 0.1) is 6.61 Å². The molecule has 6 rings (SSSR count). The van der Waals surface area contributed by atoms with Crippen molar-refractivity contribution in [3.8, 4) is 16.9 Å². The minimum absolute atomic E-state index is 0.226. The summed E-state index contributed by atoms with van der Waals surface area (Å²) >= 11 is 0. The first kappa shape index (κ1) is 23.7. The number of nitrogens with zero attached hydrogens (tertiary/aromatic N) is 1. The van der Waals surface area contributed by atoms with Crippen molar-refractivity contribution in [2.75, 3.05) is 12.3 Å². The molecule has 3 N–H and O–H groups in total. The highest BCUT2D eigenvalue weighted by molar-refractivity contribution is 6.26. The van der Waals surface area contributed by atoms with Crippen LogP contribution in [0.2, 0.25) is 0 Å². The largest absolute Gasteiger partial charge is 0.493 e. The quantitative estimate of drug-likeness (QED) is 0.242. The third-order valence-electron chi connectivity index (χ3n) is 6.76. The van der Waals surface area contributed by atoms with E-state index in [4.69, 9.17) is 14.9 Å². The number of carbonyl (C=O) groups is 1. The normalized spacial score (nSPS) is 11.6. The van der Waals surface area contributed by atoms with Crippen LogP contribution in [0, 0.1) is 18.6 Å². The highest BCUT2D eigenvalue weighted by Crippen LogP contribution is 2.42. The Kier molecular flexibility index (Phi) is 5.60. The van der Waals surface area contributed by atoms with Crippen LogP contribution < -0.4 is 15.8 Å². The zero-order valence-electron chi connectivity index (χ0n) is 20.7. The van der Waals surface area contributed by atoms with Gasteiger partial charge in [0, 0.05) is 62.6 Å². The number of hydrogen-bond acceptors (Lipinski definition) is 5. The molecule has 0 saturated carbocycles. The van der Waals surface area contributed by atoms with Crippen LogP contribution in [-0.4, -0.2) is 17.5 Å². The Balaban J connectivity index is 1.34. The lowest BCUT2D eigenvalue weighted by Crippen LogP contribution is -2.24. The number of fused-ring (bicyclic) bond motifs is 8. The fourth-order valence-electron chi connectivity index (χ4n) is 4.97. The number of rotatable bonds is 6. The number of aryl methyl sites for hydroxylation is 1. The SMILES string of the molecule is CCOc1cc(N)nc(C)c1CNC(=O)c1ccc2c(c1)c1oc2c2ccc(-c3ccc(F)cc3F)cc21. The Labute approximate surface area is 216 Å². The monoisotopic (exact) mass is 511 g/mol. The average molecular weight is 512 g/mol. The van der Waals surface area contributed by atoms with E-state index >= 15 is 0 Å². The second-order valence-electron chi connectivity index (χ2n) is 9.13. The first-order chi connectivity index (χ1) is 18.3. The Bertz CT molecular complexity index is 1860. The van der Waals surface area contributed by atoms with E-state index in [9.17, 15) is 13.6 Å². The van der Waals surface area contributed by atoms with Gasteiger partial charge >= 0.3 is 0 Å². The zero-order chi connectivity index (χ0) is 26.6. The summed E-state index contributed by atoms with van der Waals surface area (Å²) in [5.41, 5.74) is 9.99. The van der Waals surface area contributed by atoms with Crippen molar-refractivity contribution in [1.29, 1.82) is 0 Å². The number of anilines is 1. The number of furan rings is 2. The Hall–Kier alpha value is -4.72. The molecular weight excluding hydrogens is 488 g/mol. The maximum atomic E-state index is 14.4. The molecule has 190 valence electrons. The van der Waals surface area contributed by atoms with E-state index in [0.717, 1.165) is 33.2 Å². The number of amides is 1. The van der Waals surface area contributed by atoms with Gasteiger partial charge in [-0.05, 0) is 61.9 Å². The van der Waals surface area contributed by atoms with Crippen LogP contribution in [0.3, 0.4) is 0 Å². The van der Waals surface area contributed by atoms with Crippen LogP contribution in [0.5, 0.6) is 5.75 Å². The van der Waals surface area contributed by atoms with Gasteiger partial charge in [-0.1, -0.05) is 6.07 Å². The molecule has 3 aromatic heterocycles. The third kappa shape index (κ3) is 3.85. The Morgan fingerprint density at radius 1 is 0.974 bits per heavy atom. The number of nitrogen functional groups attached to an aromatic ring is 1. The van der Waals surface area contributed by atoms with Crippen LogP contribution >= 0.6 is 0 Å². The molecule has 38 heavy (non-hydrogen) atoms. The lowest BCUT2D eigenvalue weighted by molar-refractivity contribution is 0.0950. The molecule has 0 aliphatic carbocycles. The number of carbonyl (C=O) groups excluding carboxylic acids is 1. The van der Waals surface area contributed by atoms with Gasteiger partial charge in [0.15, 0.2) is 0 Å². The summed E-state index contributed by atoms with van der Waals surface area (Å²) in [7, 11) is 0. The van der Waals surface area contributed by atoms with E-state index in [1.54, 1.807) is 24.3 Å². The van der Waals surface area contributed by atoms with Gasteiger partial charge in [-0.3, -0.25) is 4.79 Å². The molecule has 0 aliphatic heterocycles. The maximum absolute atomic E-state index is 14.4. The molecule has 3 heterocycles. The van der Waals surface area contributed by atoms with Gasteiger partial charge in [0.2, 0.25) is 0 Å². The van der Waals surface area contributed by atoms with Crippen molar-refractivity contribution in [2.45, 2.75) is 20.4 Å². The Morgan fingerprint density at radius 2 is 1.71 bits per heavy atom. The first-order valence-corrected chi connectivity index (χ1v) is 12.2. The van der Waals surface area contributed by atoms with Crippen molar-refractivity contribution in [2.24, 2.45) is 0 Å². The fourth-order valence-corrected chi connectivity index (χ4v) is 4.97. The van der Waals surface area contributed by atoms with Crippen LogP contribution in [-0.2, 0) is 6.54 Å². The summed E-state index contributed by atoms with van der Waals surface area (Å²) in [5, 5.41) is 6.32. The van der Waals surface area contributed by atoms with E-state index in [1.165, 1.54) is 12.1 Å². The second-order valence-corrected chi connectivity index (χ2v) is 9.13. The molecule has 1 amide bonds. The van der Waals surface area contributed by atoms with E-state index in [-0.39, 0.29) is 12.5 Å². The van der Waals surface area contributed by atoms with Gasteiger partial charge < -0.3 is 20.2 Å². The number of benzene rings is 4. The van der Waals surface area contributed by atoms with Gasteiger partial charge in [-0.2, -0.15) is 0 Å². The summed E-state index contributed by atoms with van der Waals surface area (Å²) in [5.74, 6) is -0.576. The van der Waals surface area contributed by atoms with Gasteiger partial charge in [0.1, 0.15) is 34.4 Å². The molecule has 0 saturated heterocycles. The van der Waals surface area contributed by atoms with Crippen molar-refractivity contribution in [3.63, 3.8) is 0 Å². The van der Waals surface area contributed by atoms with Gasteiger partial charge in [-0.15, -0.1) is 0 Å². The second kappa shape index (κ2) is 8.99. The van der Waals surface area contributed by atoms with Crippen molar-refractivity contribution in [3.05, 3.63) is 89.1 Å². The maximum Gasteiger partial charge on any atom is 0.251 e. The number of ether oxygens (including phenoxy) is 1. The third-order valence-corrected chi connectivity index (χ3v) is 6.76. The standard InChI is InChI=1S/C30H23F2N3O3/c1-3-37-26-13-27(33)35-15(2)24(26)14-34-30(36)17-5-8-21-23(11-17)29-22-10-16(4-7-20(22)28(21)38-29)19-9-6-18(31)12-25(19)32/h4-13H,3,14H2,1-2H3,(H2,33,35)(H,34,36). The van der Waals surface area contributed by atoms with Crippen LogP contribution in [0.1, 0.15) is 28.5 Å². The molecular formula is C30H23F2N3O3. The molecule has 6 aromatic rings. The summed E-state index contributed by atoms with van der Waals surface area (Å²) in [4.78, 5) is 17.4. The minimum Gasteiger partial charge on any atom is -0.493 e. The fraction of sp³-hybridized carbons (Fsp3) is 0.133. The molecule has 6 nitrogen and oxygen atoms in total. The molecule has 8 heteroatoms. The molecule has 0 aliphatic rings. The van der Waals surface area contributed by atoms with Crippen LogP contribution in [0.25, 0.3) is 43.8 Å². The predicted octanol–water partition coefficient (Wildman–Crippen LogP) is 6.74. The van der Waals surface area contributed by atoms with Crippen molar-refractivity contribution >= 4 is 44.4 Å². The zero-order valence-corrected chi connectivity index (χ0v) is 20.7. The van der Waals surface area contributed by atoms with Gasteiger partial charge in [0.25, 0.3) is 5.91 Å². The number of hydrogen-bond donors (Lipinski definition) is 2.